The quantitative estimate of drug-likeness (QED) is 0.587. The summed E-state index contributed by atoms with van der Waals surface area (Å²) in [6, 6.07) is 6.14. The molecule has 0 aliphatic heterocycles. The Morgan fingerprint density at radius 3 is 2.84 bits per heavy atom. The summed E-state index contributed by atoms with van der Waals surface area (Å²) in [6.07, 6.45) is 1.27. The first kappa shape index (κ1) is 15.3. The Kier molecular flexibility index (Phi) is 3.28. The van der Waals surface area contributed by atoms with Gasteiger partial charge in [0.05, 0.1) is 22.6 Å². The third kappa shape index (κ3) is 2.34. The van der Waals surface area contributed by atoms with Gasteiger partial charge in [0, 0.05) is 29.9 Å². The number of anilines is 1. The lowest BCUT2D eigenvalue weighted by molar-refractivity contribution is 0.101. The van der Waals surface area contributed by atoms with Gasteiger partial charge in [-0.3, -0.25) is 14.6 Å². The van der Waals surface area contributed by atoms with Crippen molar-refractivity contribution in [3.63, 3.8) is 0 Å². The minimum absolute atomic E-state index is 0.0928. The van der Waals surface area contributed by atoms with E-state index in [4.69, 9.17) is 0 Å². The highest BCUT2D eigenvalue weighted by Gasteiger charge is 2.22. The fraction of sp³-hybridized carbons (Fsp3) is 0.118. The van der Waals surface area contributed by atoms with Gasteiger partial charge in [0.25, 0.3) is 5.91 Å². The van der Waals surface area contributed by atoms with E-state index in [0.717, 1.165) is 22.7 Å². The van der Waals surface area contributed by atoms with Gasteiger partial charge in [-0.25, -0.2) is 8.78 Å². The van der Waals surface area contributed by atoms with E-state index >= 15 is 0 Å². The third-order valence-corrected chi connectivity index (χ3v) is 4.17. The Hall–Kier alpha value is -3.29. The van der Waals surface area contributed by atoms with E-state index in [0.29, 0.717) is 5.69 Å². The number of H-pyrrole nitrogens is 1. The fourth-order valence-electron chi connectivity index (χ4n) is 2.84. The summed E-state index contributed by atoms with van der Waals surface area (Å²) < 4.78 is 30.2. The number of aromatic amines is 1. The van der Waals surface area contributed by atoms with Gasteiger partial charge in [-0.1, -0.05) is 0 Å². The van der Waals surface area contributed by atoms with Gasteiger partial charge in [-0.2, -0.15) is 10.2 Å². The van der Waals surface area contributed by atoms with Crippen molar-refractivity contribution in [1.29, 1.82) is 0 Å². The summed E-state index contributed by atoms with van der Waals surface area (Å²) in [4.78, 5) is 12.4. The van der Waals surface area contributed by atoms with Gasteiger partial charge in [-0.05, 0) is 25.1 Å². The molecule has 0 saturated heterocycles. The van der Waals surface area contributed by atoms with E-state index in [1.165, 1.54) is 10.9 Å². The molecule has 0 spiro atoms. The van der Waals surface area contributed by atoms with E-state index in [1.807, 2.05) is 6.92 Å². The van der Waals surface area contributed by atoms with Crippen LogP contribution >= 0.6 is 0 Å². The number of hydrogen-bond acceptors (Lipinski definition) is 3. The molecule has 4 aromatic rings. The predicted molar refractivity (Wildman–Crippen MR) is 89.4 cm³/mol. The molecule has 2 aromatic heterocycles. The van der Waals surface area contributed by atoms with Gasteiger partial charge in [-0.15, -0.1) is 0 Å². The molecule has 2 N–H and O–H groups in total. The molecule has 0 aliphatic rings. The highest BCUT2D eigenvalue weighted by molar-refractivity contribution is 6.07. The first-order valence-electron chi connectivity index (χ1n) is 7.51. The smallest absolute Gasteiger partial charge is 0.261 e. The zero-order valence-corrected chi connectivity index (χ0v) is 13.4. The number of nitrogens with zero attached hydrogens (tertiary/aromatic N) is 3. The molecular weight excluding hydrogens is 328 g/mol. The number of halogens is 2. The minimum Gasteiger partial charge on any atom is -0.322 e. The first-order valence-corrected chi connectivity index (χ1v) is 7.51. The molecule has 1 amide bonds. The summed E-state index contributed by atoms with van der Waals surface area (Å²) >= 11 is 0. The van der Waals surface area contributed by atoms with Crippen LogP contribution < -0.4 is 5.32 Å². The van der Waals surface area contributed by atoms with Crippen molar-refractivity contribution in [1.82, 2.24) is 20.0 Å². The van der Waals surface area contributed by atoms with E-state index in [1.54, 1.807) is 25.2 Å². The van der Waals surface area contributed by atoms with Crippen molar-refractivity contribution < 1.29 is 13.6 Å². The summed E-state index contributed by atoms with van der Waals surface area (Å²) in [5, 5.41) is 14.3. The molecule has 2 aromatic carbocycles. The molecular formula is C17H13F2N5O. The number of rotatable bonds is 2. The topological polar surface area (TPSA) is 75.6 Å². The number of fused-ring (bicyclic) bond motifs is 2. The number of aromatic nitrogens is 4. The lowest BCUT2D eigenvalue weighted by atomic mass is 10.1. The molecule has 0 bridgehead atoms. The number of aryl methyl sites for hydroxylation is 2. The average molecular weight is 341 g/mol. The minimum atomic E-state index is -0.938. The number of carbonyl (C=O) groups is 1. The number of nitrogens with one attached hydrogen (secondary N) is 2. The van der Waals surface area contributed by atoms with E-state index in [9.17, 15) is 13.6 Å². The molecule has 2 heterocycles. The maximum atomic E-state index is 14.6. The molecule has 0 saturated carbocycles. The molecule has 126 valence electrons. The van der Waals surface area contributed by atoms with Crippen molar-refractivity contribution >= 4 is 33.4 Å². The second-order valence-electron chi connectivity index (χ2n) is 5.78. The summed E-state index contributed by atoms with van der Waals surface area (Å²) in [7, 11) is 1.57. The maximum Gasteiger partial charge on any atom is 0.261 e. The second kappa shape index (κ2) is 5.37. The van der Waals surface area contributed by atoms with Crippen LogP contribution in [0.15, 0.2) is 30.5 Å². The van der Waals surface area contributed by atoms with Crippen molar-refractivity contribution in [3.8, 4) is 0 Å². The fourth-order valence-corrected chi connectivity index (χ4v) is 2.84. The molecule has 0 unspecified atom stereocenters. The molecule has 8 heteroatoms. The summed E-state index contributed by atoms with van der Waals surface area (Å²) in [6.45, 7) is 1.84. The Balaban J connectivity index is 1.75. The van der Waals surface area contributed by atoms with Crippen LogP contribution in [-0.4, -0.2) is 25.9 Å². The van der Waals surface area contributed by atoms with Gasteiger partial charge in [0.15, 0.2) is 0 Å². The predicted octanol–water partition coefficient (Wildman–Crippen LogP) is 3.29. The molecule has 0 radical (unpaired) electrons. The summed E-state index contributed by atoms with van der Waals surface area (Å²) in [5.41, 5.74) is 1.64. The van der Waals surface area contributed by atoms with E-state index < -0.39 is 23.1 Å². The number of carbonyl (C=O) groups excluding carboxylic acids is 1. The average Bonchev–Trinajstić information content (AvgIpc) is 3.12. The van der Waals surface area contributed by atoms with Crippen molar-refractivity contribution in [2.75, 3.05) is 5.32 Å². The van der Waals surface area contributed by atoms with Crippen LogP contribution in [0.5, 0.6) is 0 Å². The van der Waals surface area contributed by atoms with E-state index in [2.05, 4.69) is 20.6 Å². The monoisotopic (exact) mass is 341 g/mol. The van der Waals surface area contributed by atoms with Crippen LogP contribution in [0, 0.1) is 18.6 Å². The van der Waals surface area contributed by atoms with Crippen LogP contribution in [0.1, 0.15) is 16.1 Å². The summed E-state index contributed by atoms with van der Waals surface area (Å²) in [5.74, 6) is -2.73. The number of hydrogen-bond donors (Lipinski definition) is 2. The maximum absolute atomic E-state index is 14.6. The highest BCUT2D eigenvalue weighted by atomic mass is 19.1. The Morgan fingerprint density at radius 2 is 2.04 bits per heavy atom. The first-order chi connectivity index (χ1) is 12.0. The van der Waals surface area contributed by atoms with Crippen LogP contribution in [-0.2, 0) is 7.05 Å². The van der Waals surface area contributed by atoms with Crippen molar-refractivity contribution in [2.45, 2.75) is 6.92 Å². The van der Waals surface area contributed by atoms with Crippen LogP contribution in [0.2, 0.25) is 0 Å². The number of benzene rings is 2. The molecule has 0 aliphatic carbocycles. The standard InChI is InChI=1S/C17H13F2N5O/c1-8-10-5-9(3-4-13(10)23-22-8)21-17(25)15-12(18)6-14-11(16(15)19)7-20-24(14)2/h3-7H,1-2H3,(H,21,25)(H,22,23). The zero-order chi connectivity index (χ0) is 17.7. The molecule has 6 nitrogen and oxygen atoms in total. The van der Waals surface area contributed by atoms with E-state index in [-0.39, 0.29) is 10.9 Å². The normalized spacial score (nSPS) is 11.4. The van der Waals surface area contributed by atoms with Crippen LogP contribution in [0.4, 0.5) is 14.5 Å². The molecule has 4 rings (SSSR count). The third-order valence-electron chi connectivity index (χ3n) is 4.17. The molecule has 0 atom stereocenters. The zero-order valence-electron chi connectivity index (χ0n) is 13.4. The largest absolute Gasteiger partial charge is 0.322 e. The van der Waals surface area contributed by atoms with Gasteiger partial charge >= 0.3 is 0 Å². The van der Waals surface area contributed by atoms with Crippen LogP contribution in [0.3, 0.4) is 0 Å². The van der Waals surface area contributed by atoms with Crippen LogP contribution in [0.25, 0.3) is 21.8 Å². The number of amides is 1. The highest BCUT2D eigenvalue weighted by Crippen LogP contribution is 2.25. The van der Waals surface area contributed by atoms with Crippen molar-refractivity contribution in [2.24, 2.45) is 7.05 Å². The Labute approximate surface area is 140 Å². The van der Waals surface area contributed by atoms with Crippen molar-refractivity contribution in [3.05, 3.63) is 53.4 Å². The SMILES string of the molecule is Cc1[nH]nc2ccc(NC(=O)c3c(F)cc4c(cnn4C)c3F)cc12. The molecule has 0 fully saturated rings. The van der Waals surface area contributed by atoms with Gasteiger partial charge in [0.1, 0.15) is 17.2 Å². The lowest BCUT2D eigenvalue weighted by Crippen LogP contribution is -2.16. The Bertz CT molecular complexity index is 1150. The molecule has 25 heavy (non-hydrogen) atoms. The second-order valence-corrected chi connectivity index (χ2v) is 5.78. The Morgan fingerprint density at radius 1 is 1.24 bits per heavy atom. The van der Waals surface area contributed by atoms with Gasteiger partial charge in [0.2, 0.25) is 0 Å². The lowest BCUT2D eigenvalue weighted by Gasteiger charge is -2.08. The van der Waals surface area contributed by atoms with Gasteiger partial charge < -0.3 is 5.32 Å².